The molecule has 0 bridgehead atoms. The average molecular weight is 298 g/mol. The summed E-state index contributed by atoms with van der Waals surface area (Å²) in [6.07, 6.45) is 6.30. The Hall–Kier alpha value is -1.27. The van der Waals surface area contributed by atoms with Gasteiger partial charge >= 0.3 is 0 Å². The Morgan fingerprint density at radius 1 is 1.30 bits per heavy atom. The van der Waals surface area contributed by atoms with Gasteiger partial charge in [-0.05, 0) is 31.0 Å². The average Bonchev–Trinajstić information content (AvgIpc) is 2.41. The number of hydrogen-bond acceptors (Lipinski definition) is 5. The lowest BCUT2D eigenvalue weighted by atomic mass is 9.82. The van der Waals surface area contributed by atoms with Crippen molar-refractivity contribution in [2.75, 3.05) is 23.9 Å². The molecule has 1 aromatic carbocycles. The zero-order chi connectivity index (χ0) is 14.8. The summed E-state index contributed by atoms with van der Waals surface area (Å²) >= 11 is 0. The molecule has 1 saturated carbocycles. The van der Waals surface area contributed by atoms with Gasteiger partial charge < -0.3 is 16.2 Å². The van der Waals surface area contributed by atoms with E-state index >= 15 is 0 Å². The first-order valence-electron chi connectivity index (χ1n) is 6.85. The molecule has 0 unspecified atom stereocenters. The Balaban J connectivity index is 2.25. The van der Waals surface area contributed by atoms with Crippen molar-refractivity contribution >= 4 is 21.2 Å². The van der Waals surface area contributed by atoms with Crippen molar-refractivity contribution in [1.82, 2.24) is 0 Å². The summed E-state index contributed by atoms with van der Waals surface area (Å²) in [6.45, 7) is 0.0558. The highest BCUT2D eigenvalue weighted by atomic mass is 32.2. The van der Waals surface area contributed by atoms with Gasteiger partial charge in [0.2, 0.25) is 0 Å². The van der Waals surface area contributed by atoms with Crippen LogP contribution in [0, 0.1) is 0 Å². The van der Waals surface area contributed by atoms with Gasteiger partial charge in [-0.2, -0.15) is 0 Å². The van der Waals surface area contributed by atoms with Gasteiger partial charge in [0.1, 0.15) is 0 Å². The van der Waals surface area contributed by atoms with Gasteiger partial charge in [-0.25, -0.2) is 8.42 Å². The molecule has 0 atom stereocenters. The number of benzene rings is 1. The first kappa shape index (κ1) is 15.1. The first-order chi connectivity index (χ1) is 9.36. The number of rotatable bonds is 4. The molecule has 1 fully saturated rings. The van der Waals surface area contributed by atoms with Gasteiger partial charge in [-0.3, -0.25) is 0 Å². The van der Waals surface area contributed by atoms with Crippen LogP contribution in [-0.2, 0) is 9.84 Å². The minimum Gasteiger partial charge on any atom is -0.397 e. The number of nitrogen functional groups attached to an aromatic ring is 1. The van der Waals surface area contributed by atoms with Crippen LogP contribution >= 0.6 is 0 Å². The highest BCUT2D eigenvalue weighted by Gasteiger charge is 2.31. The van der Waals surface area contributed by atoms with Crippen LogP contribution in [0.1, 0.15) is 32.1 Å². The van der Waals surface area contributed by atoms with Crippen LogP contribution in [0.2, 0.25) is 0 Å². The zero-order valence-electron chi connectivity index (χ0n) is 11.7. The third-order valence-electron chi connectivity index (χ3n) is 3.96. The second kappa shape index (κ2) is 5.61. The standard InChI is InChI=1S/C14H22N2O3S/c1-20(18,19)11-5-6-13(12(15)9-11)16-14(10-17)7-3-2-4-8-14/h5-6,9,16-17H,2-4,7-8,10,15H2,1H3. The van der Waals surface area contributed by atoms with Crippen molar-refractivity contribution in [2.24, 2.45) is 0 Å². The summed E-state index contributed by atoms with van der Waals surface area (Å²) < 4.78 is 23.0. The van der Waals surface area contributed by atoms with E-state index in [0.717, 1.165) is 31.9 Å². The van der Waals surface area contributed by atoms with Gasteiger partial charge in [0.25, 0.3) is 0 Å². The number of hydrogen-bond donors (Lipinski definition) is 3. The molecule has 2 rings (SSSR count). The number of nitrogens with one attached hydrogen (secondary N) is 1. The summed E-state index contributed by atoms with van der Waals surface area (Å²) in [4.78, 5) is 0.210. The SMILES string of the molecule is CS(=O)(=O)c1ccc(NC2(CO)CCCCC2)c(N)c1. The second-order valence-electron chi connectivity index (χ2n) is 5.65. The molecule has 0 spiro atoms. The lowest BCUT2D eigenvalue weighted by Gasteiger charge is -2.37. The van der Waals surface area contributed by atoms with E-state index in [4.69, 9.17) is 5.73 Å². The van der Waals surface area contributed by atoms with Crippen molar-refractivity contribution < 1.29 is 13.5 Å². The Morgan fingerprint density at radius 2 is 1.95 bits per heavy atom. The number of aliphatic hydroxyl groups excluding tert-OH is 1. The van der Waals surface area contributed by atoms with E-state index < -0.39 is 9.84 Å². The summed E-state index contributed by atoms with van der Waals surface area (Å²) in [7, 11) is -3.25. The molecule has 4 N–H and O–H groups in total. The molecule has 0 radical (unpaired) electrons. The number of anilines is 2. The molecule has 112 valence electrons. The fourth-order valence-electron chi connectivity index (χ4n) is 2.72. The first-order valence-corrected chi connectivity index (χ1v) is 8.74. The van der Waals surface area contributed by atoms with Crippen molar-refractivity contribution in [3.05, 3.63) is 18.2 Å². The minimum absolute atomic E-state index is 0.0558. The van der Waals surface area contributed by atoms with E-state index in [1.807, 2.05) is 0 Å². The fourth-order valence-corrected chi connectivity index (χ4v) is 3.38. The Bertz CT molecular complexity index is 578. The van der Waals surface area contributed by atoms with Gasteiger partial charge in [0.15, 0.2) is 9.84 Å². The third-order valence-corrected chi connectivity index (χ3v) is 5.07. The Labute approximate surface area is 120 Å². The van der Waals surface area contributed by atoms with E-state index in [2.05, 4.69) is 5.32 Å². The highest BCUT2D eigenvalue weighted by Crippen LogP contribution is 2.33. The summed E-state index contributed by atoms with van der Waals surface area (Å²) in [5.74, 6) is 0. The zero-order valence-corrected chi connectivity index (χ0v) is 12.5. The molecule has 0 amide bonds. The van der Waals surface area contributed by atoms with E-state index in [-0.39, 0.29) is 17.0 Å². The maximum Gasteiger partial charge on any atom is 0.175 e. The molecule has 20 heavy (non-hydrogen) atoms. The molecule has 6 heteroatoms. The molecule has 0 aliphatic heterocycles. The van der Waals surface area contributed by atoms with Crippen LogP contribution in [-0.4, -0.2) is 31.9 Å². The van der Waals surface area contributed by atoms with Crippen molar-refractivity contribution in [3.63, 3.8) is 0 Å². The molecule has 1 aliphatic carbocycles. The Kier molecular flexibility index (Phi) is 4.25. The monoisotopic (exact) mass is 298 g/mol. The molecule has 5 nitrogen and oxygen atoms in total. The van der Waals surface area contributed by atoms with Crippen molar-refractivity contribution in [3.8, 4) is 0 Å². The van der Waals surface area contributed by atoms with E-state index in [0.29, 0.717) is 11.4 Å². The number of nitrogens with two attached hydrogens (primary N) is 1. The maximum absolute atomic E-state index is 11.5. The smallest absolute Gasteiger partial charge is 0.175 e. The second-order valence-corrected chi connectivity index (χ2v) is 7.66. The van der Waals surface area contributed by atoms with Crippen molar-refractivity contribution in [2.45, 2.75) is 42.5 Å². The van der Waals surface area contributed by atoms with Crippen LogP contribution in [0.3, 0.4) is 0 Å². The molecule has 1 aromatic rings. The van der Waals surface area contributed by atoms with E-state index in [9.17, 15) is 13.5 Å². The quantitative estimate of drug-likeness (QED) is 0.737. The van der Waals surface area contributed by atoms with Crippen LogP contribution < -0.4 is 11.1 Å². The van der Waals surface area contributed by atoms with Crippen LogP contribution in [0.5, 0.6) is 0 Å². The third kappa shape index (κ3) is 3.24. The summed E-state index contributed by atoms with van der Waals surface area (Å²) in [5.41, 5.74) is 6.69. The lowest BCUT2D eigenvalue weighted by Crippen LogP contribution is -2.44. The normalized spacial score (nSPS) is 18.7. The predicted molar refractivity (Wildman–Crippen MR) is 80.5 cm³/mol. The predicted octanol–water partition coefficient (Wildman–Crippen LogP) is 1.78. The largest absolute Gasteiger partial charge is 0.397 e. The maximum atomic E-state index is 11.5. The lowest BCUT2D eigenvalue weighted by molar-refractivity contribution is 0.173. The summed E-state index contributed by atoms with van der Waals surface area (Å²) in [6, 6.07) is 4.69. The topological polar surface area (TPSA) is 92.4 Å². The molecule has 1 aliphatic rings. The number of aliphatic hydroxyl groups is 1. The van der Waals surface area contributed by atoms with Crippen LogP contribution in [0.4, 0.5) is 11.4 Å². The van der Waals surface area contributed by atoms with Crippen LogP contribution in [0.25, 0.3) is 0 Å². The van der Waals surface area contributed by atoms with Gasteiger partial charge in [-0.1, -0.05) is 19.3 Å². The van der Waals surface area contributed by atoms with E-state index in [1.54, 1.807) is 12.1 Å². The number of sulfone groups is 1. The molecular weight excluding hydrogens is 276 g/mol. The molecule has 0 saturated heterocycles. The van der Waals surface area contributed by atoms with Gasteiger partial charge in [0, 0.05) is 6.26 Å². The minimum atomic E-state index is -3.25. The molecule has 0 heterocycles. The van der Waals surface area contributed by atoms with Crippen molar-refractivity contribution in [1.29, 1.82) is 0 Å². The van der Waals surface area contributed by atoms with E-state index in [1.165, 1.54) is 12.5 Å². The van der Waals surface area contributed by atoms with Gasteiger partial charge in [0.05, 0.1) is 28.4 Å². The summed E-state index contributed by atoms with van der Waals surface area (Å²) in [5, 5.41) is 13.0. The van der Waals surface area contributed by atoms with Crippen LogP contribution in [0.15, 0.2) is 23.1 Å². The molecular formula is C14H22N2O3S. The highest BCUT2D eigenvalue weighted by molar-refractivity contribution is 7.90. The molecule has 0 aromatic heterocycles. The fraction of sp³-hybridized carbons (Fsp3) is 0.571. The Morgan fingerprint density at radius 3 is 2.45 bits per heavy atom. The van der Waals surface area contributed by atoms with Gasteiger partial charge in [-0.15, -0.1) is 0 Å².